The van der Waals surface area contributed by atoms with Gasteiger partial charge in [0.15, 0.2) is 0 Å². The SMILES string of the molecule is CC(C)OC(=O)C1=C(c2ccccc2)NC(=O)NC1c1ccc([N+](=O)[O-])cc1. The molecule has 1 atom stereocenters. The van der Waals surface area contributed by atoms with E-state index < -0.39 is 23.0 Å². The molecule has 1 heterocycles. The number of nitrogens with one attached hydrogen (secondary N) is 2. The van der Waals surface area contributed by atoms with Crippen LogP contribution >= 0.6 is 0 Å². The summed E-state index contributed by atoms with van der Waals surface area (Å²) in [5.41, 5.74) is 1.68. The largest absolute Gasteiger partial charge is 0.459 e. The van der Waals surface area contributed by atoms with Gasteiger partial charge in [0, 0.05) is 12.1 Å². The van der Waals surface area contributed by atoms with E-state index in [4.69, 9.17) is 4.74 Å². The monoisotopic (exact) mass is 381 g/mol. The third-order valence-corrected chi connectivity index (χ3v) is 4.13. The maximum absolute atomic E-state index is 12.9. The molecular formula is C20H19N3O5. The van der Waals surface area contributed by atoms with Crippen LogP contribution in [0.15, 0.2) is 60.2 Å². The van der Waals surface area contributed by atoms with Crippen molar-refractivity contribution < 1.29 is 19.2 Å². The highest BCUT2D eigenvalue weighted by Gasteiger charge is 2.34. The van der Waals surface area contributed by atoms with Crippen molar-refractivity contribution in [1.82, 2.24) is 10.6 Å². The Labute approximate surface area is 161 Å². The molecule has 0 saturated carbocycles. The van der Waals surface area contributed by atoms with Crippen LogP contribution in [0.3, 0.4) is 0 Å². The molecule has 1 unspecified atom stereocenters. The highest BCUT2D eigenvalue weighted by Crippen LogP contribution is 2.32. The van der Waals surface area contributed by atoms with E-state index in [9.17, 15) is 19.7 Å². The molecule has 0 fully saturated rings. The predicted molar refractivity (Wildman–Crippen MR) is 102 cm³/mol. The molecule has 8 nitrogen and oxygen atoms in total. The second kappa shape index (κ2) is 7.91. The van der Waals surface area contributed by atoms with Gasteiger partial charge in [0.25, 0.3) is 5.69 Å². The first-order valence-corrected chi connectivity index (χ1v) is 8.69. The molecule has 2 aromatic rings. The molecule has 0 radical (unpaired) electrons. The van der Waals surface area contributed by atoms with Crippen molar-refractivity contribution in [3.63, 3.8) is 0 Å². The van der Waals surface area contributed by atoms with E-state index in [0.717, 1.165) is 0 Å². The van der Waals surface area contributed by atoms with Crippen LogP contribution in [0.4, 0.5) is 10.5 Å². The van der Waals surface area contributed by atoms with E-state index in [1.165, 1.54) is 24.3 Å². The molecule has 2 N–H and O–H groups in total. The Bertz CT molecular complexity index is 936. The van der Waals surface area contributed by atoms with Crippen molar-refractivity contribution in [2.45, 2.75) is 26.0 Å². The number of hydrogen-bond donors (Lipinski definition) is 2. The fourth-order valence-corrected chi connectivity index (χ4v) is 2.93. The molecule has 8 heteroatoms. The lowest BCUT2D eigenvalue weighted by atomic mass is 9.92. The minimum atomic E-state index is -0.809. The molecule has 0 aliphatic carbocycles. The van der Waals surface area contributed by atoms with Crippen LogP contribution in [0.5, 0.6) is 0 Å². The minimum Gasteiger partial charge on any atom is -0.459 e. The molecule has 0 aromatic heterocycles. The average Bonchev–Trinajstić information content (AvgIpc) is 2.67. The molecule has 1 aliphatic rings. The Morgan fingerprint density at radius 2 is 1.75 bits per heavy atom. The van der Waals surface area contributed by atoms with Crippen LogP contribution in [0.2, 0.25) is 0 Å². The molecule has 2 amide bonds. The predicted octanol–water partition coefficient (Wildman–Crippen LogP) is 3.31. The highest BCUT2D eigenvalue weighted by molar-refractivity contribution is 6.04. The number of urea groups is 1. The number of amides is 2. The van der Waals surface area contributed by atoms with Gasteiger partial charge < -0.3 is 15.4 Å². The van der Waals surface area contributed by atoms with E-state index >= 15 is 0 Å². The average molecular weight is 381 g/mol. The molecule has 0 bridgehead atoms. The lowest BCUT2D eigenvalue weighted by Crippen LogP contribution is -2.45. The fourth-order valence-electron chi connectivity index (χ4n) is 2.93. The van der Waals surface area contributed by atoms with E-state index in [0.29, 0.717) is 16.8 Å². The normalized spacial score (nSPS) is 16.4. The topological polar surface area (TPSA) is 111 Å². The van der Waals surface area contributed by atoms with Crippen LogP contribution in [-0.2, 0) is 9.53 Å². The lowest BCUT2D eigenvalue weighted by molar-refractivity contribution is -0.384. The van der Waals surface area contributed by atoms with E-state index in [-0.39, 0.29) is 17.4 Å². The quantitative estimate of drug-likeness (QED) is 0.469. The Morgan fingerprint density at radius 3 is 2.32 bits per heavy atom. The van der Waals surface area contributed by atoms with E-state index in [1.807, 2.05) is 6.07 Å². The number of nitro groups is 1. The summed E-state index contributed by atoms with van der Waals surface area (Å²) in [4.78, 5) is 35.6. The summed E-state index contributed by atoms with van der Waals surface area (Å²) >= 11 is 0. The summed E-state index contributed by atoms with van der Waals surface area (Å²) in [6.45, 7) is 3.47. The van der Waals surface area contributed by atoms with Crippen molar-refractivity contribution >= 4 is 23.4 Å². The third kappa shape index (κ3) is 4.01. The number of nitrogens with zero attached hydrogens (tertiary/aromatic N) is 1. The van der Waals surface area contributed by atoms with Gasteiger partial charge in [-0.3, -0.25) is 10.1 Å². The molecule has 28 heavy (non-hydrogen) atoms. The number of esters is 1. The summed E-state index contributed by atoms with van der Waals surface area (Å²) in [6.07, 6.45) is -0.354. The first-order valence-electron chi connectivity index (χ1n) is 8.69. The van der Waals surface area contributed by atoms with Crippen LogP contribution in [0.25, 0.3) is 5.70 Å². The van der Waals surface area contributed by atoms with Gasteiger partial charge in [-0.25, -0.2) is 9.59 Å². The first kappa shape index (κ1) is 19.1. The molecule has 3 rings (SSSR count). The van der Waals surface area contributed by atoms with Gasteiger partial charge in [-0.2, -0.15) is 0 Å². The van der Waals surface area contributed by atoms with Gasteiger partial charge >= 0.3 is 12.0 Å². The third-order valence-electron chi connectivity index (χ3n) is 4.13. The Hall–Kier alpha value is -3.68. The Balaban J connectivity index is 2.13. The smallest absolute Gasteiger partial charge is 0.338 e. The van der Waals surface area contributed by atoms with Crippen molar-refractivity contribution in [2.24, 2.45) is 0 Å². The maximum atomic E-state index is 12.9. The van der Waals surface area contributed by atoms with Gasteiger partial charge in [0.2, 0.25) is 0 Å². The Morgan fingerprint density at radius 1 is 1.11 bits per heavy atom. The molecule has 1 aliphatic heterocycles. The molecule has 0 spiro atoms. The standard InChI is InChI=1S/C20H19N3O5/c1-12(2)28-19(24)16-17(13-6-4-3-5-7-13)21-20(25)22-18(16)14-8-10-15(11-9-14)23(26)27/h3-12,18H,1-2H3,(H2,21,22,25). The number of nitro benzene ring substituents is 1. The zero-order chi connectivity index (χ0) is 20.3. The summed E-state index contributed by atoms with van der Waals surface area (Å²) in [7, 11) is 0. The van der Waals surface area contributed by atoms with Crippen molar-refractivity contribution in [3.8, 4) is 0 Å². The van der Waals surface area contributed by atoms with E-state index in [2.05, 4.69) is 10.6 Å². The zero-order valence-electron chi connectivity index (χ0n) is 15.3. The summed E-state index contributed by atoms with van der Waals surface area (Å²) in [6, 6.07) is 13.4. The number of non-ortho nitro benzene ring substituents is 1. The van der Waals surface area contributed by atoms with Crippen molar-refractivity contribution in [1.29, 1.82) is 0 Å². The van der Waals surface area contributed by atoms with Crippen molar-refractivity contribution in [2.75, 3.05) is 0 Å². The zero-order valence-corrected chi connectivity index (χ0v) is 15.3. The second-order valence-electron chi connectivity index (χ2n) is 6.49. The molecule has 2 aromatic carbocycles. The Kier molecular flexibility index (Phi) is 5.39. The van der Waals surface area contributed by atoms with Crippen LogP contribution in [-0.4, -0.2) is 23.0 Å². The lowest BCUT2D eigenvalue weighted by Gasteiger charge is -2.30. The number of ether oxygens (including phenoxy) is 1. The minimum absolute atomic E-state index is 0.0809. The van der Waals surface area contributed by atoms with E-state index in [1.54, 1.807) is 38.1 Å². The molecule has 0 saturated heterocycles. The summed E-state index contributed by atoms with van der Waals surface area (Å²) < 4.78 is 5.39. The number of rotatable bonds is 5. The second-order valence-corrected chi connectivity index (χ2v) is 6.49. The summed E-state index contributed by atoms with van der Waals surface area (Å²) in [5, 5.41) is 16.3. The maximum Gasteiger partial charge on any atom is 0.338 e. The first-order chi connectivity index (χ1) is 13.4. The van der Waals surface area contributed by atoms with Crippen LogP contribution in [0.1, 0.15) is 31.0 Å². The number of hydrogen-bond acceptors (Lipinski definition) is 5. The fraction of sp³-hybridized carbons (Fsp3) is 0.200. The van der Waals surface area contributed by atoms with Crippen molar-refractivity contribution in [3.05, 3.63) is 81.4 Å². The number of carbonyl (C=O) groups excluding carboxylic acids is 2. The van der Waals surface area contributed by atoms with Gasteiger partial charge in [-0.15, -0.1) is 0 Å². The van der Waals surface area contributed by atoms with Gasteiger partial charge in [0.1, 0.15) is 0 Å². The van der Waals surface area contributed by atoms with Gasteiger partial charge in [0.05, 0.1) is 28.3 Å². The number of carbonyl (C=O) groups is 2. The van der Waals surface area contributed by atoms with Crippen LogP contribution < -0.4 is 10.6 Å². The van der Waals surface area contributed by atoms with Crippen LogP contribution in [0, 0.1) is 10.1 Å². The molecule has 144 valence electrons. The number of benzene rings is 2. The summed E-state index contributed by atoms with van der Waals surface area (Å²) in [5.74, 6) is -0.579. The van der Waals surface area contributed by atoms with Gasteiger partial charge in [-0.05, 0) is 37.1 Å². The highest BCUT2D eigenvalue weighted by atomic mass is 16.6. The molecular weight excluding hydrogens is 362 g/mol. The van der Waals surface area contributed by atoms with Gasteiger partial charge in [-0.1, -0.05) is 30.3 Å².